The normalized spacial score (nSPS) is 21.1. The van der Waals surface area contributed by atoms with Crippen molar-refractivity contribution in [2.45, 2.75) is 19.4 Å². The minimum Gasteiger partial charge on any atom is -0.298 e. The van der Waals surface area contributed by atoms with Crippen molar-refractivity contribution in [3.05, 3.63) is 34.6 Å². The highest BCUT2D eigenvalue weighted by Gasteiger charge is 2.21. The molecule has 0 spiro atoms. The summed E-state index contributed by atoms with van der Waals surface area (Å²) in [6, 6.07) is 7.01. The second kappa shape index (κ2) is 5.48. The summed E-state index contributed by atoms with van der Waals surface area (Å²) >= 11 is 5.99. The lowest BCUT2D eigenvalue weighted by Gasteiger charge is -2.29. The van der Waals surface area contributed by atoms with Crippen LogP contribution in [0.1, 0.15) is 18.4 Å². The number of benzene rings is 1. The van der Waals surface area contributed by atoms with Crippen LogP contribution < -0.4 is 0 Å². The van der Waals surface area contributed by atoms with Gasteiger partial charge in [0, 0.05) is 23.7 Å². The summed E-state index contributed by atoms with van der Waals surface area (Å²) in [6.45, 7) is 2.10. The third-order valence-corrected chi connectivity index (χ3v) is 3.49. The van der Waals surface area contributed by atoms with Crippen LogP contribution in [-0.2, 0) is 6.54 Å². The predicted octanol–water partition coefficient (Wildman–Crippen LogP) is 3.21. The lowest BCUT2D eigenvalue weighted by Crippen LogP contribution is -2.34. The van der Waals surface area contributed by atoms with Crippen molar-refractivity contribution in [3.63, 3.8) is 0 Å². The van der Waals surface area contributed by atoms with E-state index in [2.05, 4.69) is 11.0 Å². The largest absolute Gasteiger partial charge is 0.298 e. The Hall–Kier alpha value is -1.11. The van der Waals surface area contributed by atoms with Gasteiger partial charge < -0.3 is 0 Å². The lowest BCUT2D eigenvalue weighted by atomic mass is 9.99. The summed E-state index contributed by atoms with van der Waals surface area (Å²) in [5.41, 5.74) is 0.535. The number of nitriles is 1. The number of hydrogen-bond donors (Lipinski definition) is 0. The van der Waals surface area contributed by atoms with Crippen molar-refractivity contribution < 1.29 is 4.39 Å². The first kappa shape index (κ1) is 12.3. The second-order valence-electron chi connectivity index (χ2n) is 4.40. The van der Waals surface area contributed by atoms with E-state index >= 15 is 0 Å². The van der Waals surface area contributed by atoms with Crippen molar-refractivity contribution in [1.82, 2.24) is 4.90 Å². The summed E-state index contributed by atoms with van der Waals surface area (Å²) in [6.07, 6.45) is 1.93. The Labute approximate surface area is 106 Å². The monoisotopic (exact) mass is 252 g/mol. The fourth-order valence-corrected chi connectivity index (χ4v) is 2.43. The molecular weight excluding hydrogens is 239 g/mol. The quantitative estimate of drug-likeness (QED) is 0.808. The second-order valence-corrected chi connectivity index (χ2v) is 4.81. The highest BCUT2D eigenvalue weighted by atomic mass is 35.5. The van der Waals surface area contributed by atoms with Crippen LogP contribution in [-0.4, -0.2) is 18.0 Å². The SMILES string of the molecule is N#C[C@H]1CCCN(Cc2c(F)cccc2Cl)C1. The van der Waals surface area contributed by atoms with Crippen LogP contribution in [0.5, 0.6) is 0 Å². The van der Waals surface area contributed by atoms with Gasteiger partial charge in [0.15, 0.2) is 0 Å². The fraction of sp³-hybridized carbons (Fsp3) is 0.462. The zero-order chi connectivity index (χ0) is 12.3. The Bertz CT molecular complexity index is 421. The smallest absolute Gasteiger partial charge is 0.129 e. The van der Waals surface area contributed by atoms with Gasteiger partial charge in [-0.15, -0.1) is 0 Å². The molecule has 1 saturated heterocycles. The molecule has 0 bridgehead atoms. The topological polar surface area (TPSA) is 27.0 Å². The summed E-state index contributed by atoms with van der Waals surface area (Å²) < 4.78 is 13.6. The molecule has 1 aromatic carbocycles. The first-order valence-electron chi connectivity index (χ1n) is 5.75. The van der Waals surface area contributed by atoms with E-state index in [9.17, 15) is 4.39 Å². The average Bonchev–Trinajstić information content (AvgIpc) is 2.34. The molecular formula is C13H14ClFN2. The molecule has 0 unspecified atom stereocenters. The third-order valence-electron chi connectivity index (χ3n) is 3.13. The molecule has 4 heteroatoms. The molecule has 17 heavy (non-hydrogen) atoms. The summed E-state index contributed by atoms with van der Waals surface area (Å²) in [4.78, 5) is 2.10. The average molecular weight is 253 g/mol. The molecule has 0 N–H and O–H groups in total. The van der Waals surface area contributed by atoms with Crippen LogP contribution in [0.25, 0.3) is 0 Å². The highest BCUT2D eigenvalue weighted by molar-refractivity contribution is 6.31. The molecule has 0 aromatic heterocycles. The number of piperidine rings is 1. The maximum Gasteiger partial charge on any atom is 0.129 e. The van der Waals surface area contributed by atoms with E-state index < -0.39 is 0 Å². The summed E-state index contributed by atoms with van der Waals surface area (Å²) in [5.74, 6) is -0.203. The molecule has 1 aromatic rings. The van der Waals surface area contributed by atoms with Gasteiger partial charge in [-0.1, -0.05) is 17.7 Å². The number of nitrogens with zero attached hydrogens (tertiary/aromatic N) is 2. The predicted molar refractivity (Wildman–Crippen MR) is 65.0 cm³/mol. The Balaban J connectivity index is 2.08. The van der Waals surface area contributed by atoms with Gasteiger partial charge in [-0.05, 0) is 31.5 Å². The third kappa shape index (κ3) is 2.96. The molecule has 1 atom stereocenters. The highest BCUT2D eigenvalue weighted by Crippen LogP contribution is 2.23. The zero-order valence-electron chi connectivity index (χ0n) is 9.50. The van der Waals surface area contributed by atoms with Gasteiger partial charge in [-0.2, -0.15) is 5.26 Å². The van der Waals surface area contributed by atoms with E-state index in [4.69, 9.17) is 16.9 Å². The van der Waals surface area contributed by atoms with E-state index in [1.54, 1.807) is 12.1 Å². The number of likely N-dealkylation sites (tertiary alicyclic amines) is 1. The van der Waals surface area contributed by atoms with E-state index in [0.717, 1.165) is 19.4 Å². The fourth-order valence-electron chi connectivity index (χ4n) is 2.21. The van der Waals surface area contributed by atoms with Gasteiger partial charge in [-0.25, -0.2) is 4.39 Å². The summed E-state index contributed by atoms with van der Waals surface area (Å²) in [7, 11) is 0. The summed E-state index contributed by atoms with van der Waals surface area (Å²) in [5, 5.41) is 9.37. The van der Waals surface area contributed by atoms with E-state index in [-0.39, 0.29) is 11.7 Å². The first-order chi connectivity index (χ1) is 8.20. The molecule has 0 radical (unpaired) electrons. The molecule has 2 rings (SSSR count). The molecule has 1 aliphatic rings. The molecule has 1 aliphatic heterocycles. The maximum atomic E-state index is 13.6. The van der Waals surface area contributed by atoms with Crippen molar-refractivity contribution >= 4 is 11.6 Å². The van der Waals surface area contributed by atoms with Crippen molar-refractivity contribution in [2.75, 3.05) is 13.1 Å². The van der Waals surface area contributed by atoms with Gasteiger partial charge in [-0.3, -0.25) is 4.90 Å². The van der Waals surface area contributed by atoms with E-state index in [1.165, 1.54) is 6.07 Å². The van der Waals surface area contributed by atoms with Crippen LogP contribution in [0.3, 0.4) is 0 Å². The van der Waals surface area contributed by atoms with Crippen molar-refractivity contribution in [2.24, 2.45) is 5.92 Å². The van der Waals surface area contributed by atoms with Crippen molar-refractivity contribution in [3.8, 4) is 6.07 Å². The van der Waals surface area contributed by atoms with Gasteiger partial charge in [0.1, 0.15) is 5.82 Å². The van der Waals surface area contributed by atoms with Crippen LogP contribution in [0.2, 0.25) is 5.02 Å². The van der Waals surface area contributed by atoms with Crippen LogP contribution in [0, 0.1) is 23.1 Å². The van der Waals surface area contributed by atoms with Crippen LogP contribution in [0.15, 0.2) is 18.2 Å². The molecule has 0 aliphatic carbocycles. The Kier molecular flexibility index (Phi) is 3.98. The standard InChI is InChI=1S/C13H14ClFN2/c14-12-4-1-5-13(15)11(12)9-17-6-2-3-10(7-16)8-17/h1,4-5,10H,2-3,6,8-9H2/t10-/m1/s1. The van der Waals surface area contributed by atoms with E-state index in [1.807, 2.05) is 0 Å². The number of halogens is 2. The number of hydrogen-bond acceptors (Lipinski definition) is 2. The van der Waals surface area contributed by atoms with Gasteiger partial charge >= 0.3 is 0 Å². The molecule has 1 heterocycles. The van der Waals surface area contributed by atoms with E-state index in [0.29, 0.717) is 23.7 Å². The van der Waals surface area contributed by atoms with Gasteiger partial charge in [0.05, 0.1) is 12.0 Å². The molecule has 1 fully saturated rings. The Morgan fingerprint density at radius 3 is 3.06 bits per heavy atom. The molecule has 0 saturated carbocycles. The molecule has 0 amide bonds. The first-order valence-corrected chi connectivity index (χ1v) is 6.13. The van der Waals surface area contributed by atoms with Gasteiger partial charge in [0.25, 0.3) is 0 Å². The van der Waals surface area contributed by atoms with Crippen molar-refractivity contribution in [1.29, 1.82) is 5.26 Å². The molecule has 2 nitrogen and oxygen atoms in total. The zero-order valence-corrected chi connectivity index (χ0v) is 10.3. The minimum absolute atomic E-state index is 0.0642. The molecule has 90 valence electrons. The Morgan fingerprint density at radius 1 is 1.53 bits per heavy atom. The maximum absolute atomic E-state index is 13.6. The van der Waals surface area contributed by atoms with Crippen LogP contribution in [0.4, 0.5) is 4.39 Å². The Morgan fingerprint density at radius 2 is 2.35 bits per heavy atom. The number of rotatable bonds is 2. The minimum atomic E-state index is -0.267. The lowest BCUT2D eigenvalue weighted by molar-refractivity contribution is 0.190. The van der Waals surface area contributed by atoms with Gasteiger partial charge in [0.2, 0.25) is 0 Å². The van der Waals surface area contributed by atoms with Crippen LogP contribution >= 0.6 is 11.6 Å².